The van der Waals surface area contributed by atoms with Gasteiger partial charge in [-0.25, -0.2) is 0 Å². The molecule has 0 atom stereocenters. The third kappa shape index (κ3) is 2.54. The quantitative estimate of drug-likeness (QED) is 0.774. The molecule has 0 saturated heterocycles. The van der Waals surface area contributed by atoms with Crippen LogP contribution in [0.25, 0.3) is 0 Å². The summed E-state index contributed by atoms with van der Waals surface area (Å²) in [5.74, 6) is 0.619. The number of pyridine rings is 1. The summed E-state index contributed by atoms with van der Waals surface area (Å²) in [6.07, 6.45) is 3.30. The lowest BCUT2D eigenvalue weighted by molar-refractivity contribution is 1.04. The van der Waals surface area contributed by atoms with Gasteiger partial charge < -0.3 is 5.32 Å². The maximum atomic E-state index is 5.16. The maximum absolute atomic E-state index is 5.16. The summed E-state index contributed by atoms with van der Waals surface area (Å²) in [6.45, 7) is 0. The van der Waals surface area contributed by atoms with Gasteiger partial charge in [0.2, 0.25) is 0 Å². The highest BCUT2D eigenvalue weighted by atomic mass is 32.1. The molecule has 0 bridgehead atoms. The van der Waals surface area contributed by atoms with Crippen molar-refractivity contribution in [3.05, 3.63) is 48.4 Å². The minimum absolute atomic E-state index is 0.538. The van der Waals surface area contributed by atoms with Gasteiger partial charge in [0.05, 0.1) is 5.69 Å². The lowest BCUT2D eigenvalue weighted by Gasteiger charge is -2.04. The van der Waals surface area contributed by atoms with Crippen LogP contribution >= 0.6 is 12.2 Å². The molecule has 0 amide bonds. The molecule has 0 saturated carbocycles. The van der Waals surface area contributed by atoms with Gasteiger partial charge in [0.15, 0.2) is 5.82 Å². The molecule has 74 valence electrons. The predicted molar refractivity (Wildman–Crippen MR) is 61.6 cm³/mol. The zero-order valence-corrected chi connectivity index (χ0v) is 8.61. The second kappa shape index (κ2) is 4.56. The molecule has 2 heterocycles. The molecule has 0 spiro atoms. The minimum Gasteiger partial charge on any atom is -0.328 e. The Morgan fingerprint density at radius 3 is 2.73 bits per heavy atom. The molecule has 0 aliphatic rings. The van der Waals surface area contributed by atoms with E-state index in [1.165, 1.54) is 0 Å². The minimum atomic E-state index is 0.538. The van der Waals surface area contributed by atoms with Gasteiger partial charge in [0.1, 0.15) is 4.99 Å². The van der Waals surface area contributed by atoms with Gasteiger partial charge in [-0.3, -0.25) is 4.98 Å². The summed E-state index contributed by atoms with van der Waals surface area (Å²) in [4.78, 5) is 4.66. The third-order valence-electron chi connectivity index (χ3n) is 1.71. The molecular weight excluding hydrogens is 208 g/mol. The highest BCUT2D eigenvalue weighted by Gasteiger charge is 2.02. The number of rotatable bonds is 2. The molecule has 2 aromatic rings. The van der Waals surface area contributed by atoms with Gasteiger partial charge >= 0.3 is 0 Å². The van der Waals surface area contributed by atoms with Crippen molar-refractivity contribution in [2.75, 3.05) is 5.32 Å². The molecular formula is C10H8N4S. The summed E-state index contributed by atoms with van der Waals surface area (Å²) in [6, 6.07) is 9.14. The lowest BCUT2D eigenvalue weighted by atomic mass is 10.3. The first-order valence-electron chi connectivity index (χ1n) is 4.36. The van der Waals surface area contributed by atoms with E-state index in [4.69, 9.17) is 12.2 Å². The van der Waals surface area contributed by atoms with Gasteiger partial charge in [-0.2, -0.15) is 5.10 Å². The van der Waals surface area contributed by atoms with Gasteiger partial charge in [0.25, 0.3) is 0 Å². The van der Waals surface area contributed by atoms with E-state index in [1.54, 1.807) is 24.5 Å². The SMILES string of the molecule is S=C(Nc1cccnn1)c1ccccn1. The van der Waals surface area contributed by atoms with Crippen LogP contribution in [0.2, 0.25) is 0 Å². The summed E-state index contributed by atoms with van der Waals surface area (Å²) in [5.41, 5.74) is 0.721. The average molecular weight is 216 g/mol. The molecule has 4 nitrogen and oxygen atoms in total. The third-order valence-corrected chi connectivity index (χ3v) is 2.02. The summed E-state index contributed by atoms with van der Waals surface area (Å²) < 4.78 is 0. The summed E-state index contributed by atoms with van der Waals surface area (Å²) >= 11 is 5.16. The molecule has 0 fully saturated rings. The van der Waals surface area contributed by atoms with Crippen molar-refractivity contribution in [3.63, 3.8) is 0 Å². The summed E-state index contributed by atoms with van der Waals surface area (Å²) in [7, 11) is 0. The van der Waals surface area contributed by atoms with E-state index in [0.29, 0.717) is 10.8 Å². The van der Waals surface area contributed by atoms with Crippen LogP contribution in [0.4, 0.5) is 5.82 Å². The van der Waals surface area contributed by atoms with Crippen LogP contribution in [-0.4, -0.2) is 20.2 Å². The topological polar surface area (TPSA) is 50.7 Å². The van der Waals surface area contributed by atoms with E-state index in [-0.39, 0.29) is 0 Å². The van der Waals surface area contributed by atoms with E-state index in [1.807, 2.05) is 18.2 Å². The fraction of sp³-hybridized carbons (Fsp3) is 0. The van der Waals surface area contributed by atoms with Crippen molar-refractivity contribution >= 4 is 23.0 Å². The van der Waals surface area contributed by atoms with Crippen molar-refractivity contribution in [3.8, 4) is 0 Å². The number of hydrogen-bond acceptors (Lipinski definition) is 4. The van der Waals surface area contributed by atoms with E-state index in [9.17, 15) is 0 Å². The van der Waals surface area contributed by atoms with Crippen molar-refractivity contribution < 1.29 is 0 Å². The Kier molecular flexibility index (Phi) is 2.94. The first kappa shape index (κ1) is 9.67. The highest BCUT2D eigenvalue weighted by molar-refractivity contribution is 7.81. The van der Waals surface area contributed by atoms with E-state index in [0.717, 1.165) is 5.69 Å². The standard InChI is InChI=1S/C10H8N4S/c15-10(8-4-1-2-6-11-8)13-9-5-3-7-12-14-9/h1-7H,(H,13,14,15). The van der Waals surface area contributed by atoms with Crippen LogP contribution in [0.15, 0.2) is 42.7 Å². The monoisotopic (exact) mass is 216 g/mol. The molecule has 2 aromatic heterocycles. The normalized spacial score (nSPS) is 9.60. The Bertz CT molecular complexity index is 443. The van der Waals surface area contributed by atoms with Crippen molar-refractivity contribution in [2.24, 2.45) is 0 Å². The van der Waals surface area contributed by atoms with E-state index in [2.05, 4.69) is 20.5 Å². The molecule has 0 unspecified atom stereocenters. The molecule has 1 N–H and O–H groups in total. The number of nitrogens with zero attached hydrogens (tertiary/aromatic N) is 3. The number of thiocarbonyl (C=S) groups is 1. The molecule has 0 aliphatic carbocycles. The highest BCUT2D eigenvalue weighted by Crippen LogP contribution is 2.03. The van der Waals surface area contributed by atoms with Crippen LogP contribution in [-0.2, 0) is 0 Å². The molecule has 0 aromatic carbocycles. The first-order valence-corrected chi connectivity index (χ1v) is 4.77. The van der Waals surface area contributed by atoms with Crippen LogP contribution in [0.5, 0.6) is 0 Å². The molecule has 15 heavy (non-hydrogen) atoms. The molecule has 5 heteroatoms. The van der Waals surface area contributed by atoms with Crippen LogP contribution in [0, 0.1) is 0 Å². The van der Waals surface area contributed by atoms with Crippen LogP contribution in [0.3, 0.4) is 0 Å². The van der Waals surface area contributed by atoms with Gasteiger partial charge in [-0.05, 0) is 24.3 Å². The van der Waals surface area contributed by atoms with Gasteiger partial charge in [0, 0.05) is 12.4 Å². The zero-order valence-electron chi connectivity index (χ0n) is 7.79. The molecule has 0 radical (unpaired) electrons. The average Bonchev–Trinajstić information content (AvgIpc) is 2.31. The largest absolute Gasteiger partial charge is 0.328 e. The second-order valence-electron chi connectivity index (χ2n) is 2.78. The number of hydrogen-bond donors (Lipinski definition) is 1. The fourth-order valence-corrected chi connectivity index (χ4v) is 1.27. The number of anilines is 1. The Morgan fingerprint density at radius 1 is 1.13 bits per heavy atom. The van der Waals surface area contributed by atoms with Crippen molar-refractivity contribution in [2.45, 2.75) is 0 Å². The molecule has 2 rings (SSSR count). The van der Waals surface area contributed by atoms with Gasteiger partial charge in [-0.15, -0.1) is 5.10 Å². The van der Waals surface area contributed by atoms with Crippen LogP contribution in [0.1, 0.15) is 5.69 Å². The number of aromatic nitrogens is 3. The Labute approximate surface area is 92.4 Å². The molecule has 0 aliphatic heterocycles. The van der Waals surface area contributed by atoms with Crippen molar-refractivity contribution in [1.29, 1.82) is 0 Å². The Morgan fingerprint density at radius 2 is 2.07 bits per heavy atom. The van der Waals surface area contributed by atoms with Gasteiger partial charge in [-0.1, -0.05) is 18.3 Å². The zero-order chi connectivity index (χ0) is 10.5. The van der Waals surface area contributed by atoms with Crippen LogP contribution < -0.4 is 5.32 Å². The summed E-state index contributed by atoms with van der Waals surface area (Å²) in [5, 5.41) is 10.6. The smallest absolute Gasteiger partial charge is 0.153 e. The first-order chi connectivity index (χ1) is 7.36. The van der Waals surface area contributed by atoms with E-state index >= 15 is 0 Å². The predicted octanol–water partition coefficient (Wildman–Crippen LogP) is 1.66. The second-order valence-corrected chi connectivity index (χ2v) is 3.19. The number of nitrogens with one attached hydrogen (secondary N) is 1. The lowest BCUT2D eigenvalue weighted by Crippen LogP contribution is -2.13. The Balaban J connectivity index is 2.12. The van der Waals surface area contributed by atoms with Crippen molar-refractivity contribution in [1.82, 2.24) is 15.2 Å². The van der Waals surface area contributed by atoms with E-state index < -0.39 is 0 Å². The maximum Gasteiger partial charge on any atom is 0.153 e. The fourth-order valence-electron chi connectivity index (χ4n) is 1.05. The Hall–Kier alpha value is -1.88.